The van der Waals surface area contributed by atoms with E-state index in [1.807, 2.05) is 0 Å². The minimum absolute atomic E-state index is 0.224. The Morgan fingerprint density at radius 3 is 2.75 bits per heavy atom. The van der Waals surface area contributed by atoms with Crippen molar-refractivity contribution in [2.45, 2.75) is 6.42 Å². The molecule has 2 rings (SSSR count). The van der Waals surface area contributed by atoms with E-state index in [1.165, 1.54) is 6.20 Å². The number of carboxylic acids is 1. The Kier molecular flexibility index (Phi) is 4.14. The van der Waals surface area contributed by atoms with E-state index in [2.05, 4.69) is 10.3 Å². The molecule has 0 atom stereocenters. The van der Waals surface area contributed by atoms with E-state index in [9.17, 15) is 9.59 Å². The van der Waals surface area contributed by atoms with Crippen LogP contribution >= 0.6 is 0 Å². The first kappa shape index (κ1) is 13.8. The summed E-state index contributed by atoms with van der Waals surface area (Å²) in [4.78, 5) is 26.8. The molecule has 20 heavy (non-hydrogen) atoms. The number of carboxylic acid groups (broad SMARTS) is 1. The molecule has 1 aromatic carbocycles. The maximum atomic E-state index is 11.8. The monoisotopic (exact) mass is 273 g/mol. The first-order valence-corrected chi connectivity index (χ1v) is 6.15. The van der Waals surface area contributed by atoms with Gasteiger partial charge in [0.25, 0.3) is 5.91 Å². The second kappa shape index (κ2) is 6.01. The summed E-state index contributed by atoms with van der Waals surface area (Å²) >= 11 is 0. The van der Waals surface area contributed by atoms with Crippen LogP contribution in [0.2, 0.25) is 0 Å². The lowest BCUT2D eigenvalue weighted by atomic mass is 10.0. The van der Waals surface area contributed by atoms with Gasteiger partial charge in [-0.3, -0.25) is 4.79 Å². The highest BCUT2D eigenvalue weighted by atomic mass is 16.4. The fourth-order valence-corrected chi connectivity index (χ4v) is 1.92. The molecular formula is C14H15N3O3. The van der Waals surface area contributed by atoms with Crippen molar-refractivity contribution in [1.82, 2.24) is 14.9 Å². The number of hydrogen-bond donors (Lipinski definition) is 2. The summed E-state index contributed by atoms with van der Waals surface area (Å²) in [7, 11) is 1.74. The number of nitrogens with zero attached hydrogens (tertiary/aromatic N) is 2. The highest BCUT2D eigenvalue weighted by Crippen LogP contribution is 2.09. The number of rotatable bonds is 5. The number of aromatic carboxylic acids is 1. The number of carbonyl (C=O) groups is 2. The number of hydrogen-bond acceptors (Lipinski definition) is 3. The van der Waals surface area contributed by atoms with Gasteiger partial charge < -0.3 is 15.0 Å². The Balaban J connectivity index is 1.95. The van der Waals surface area contributed by atoms with E-state index in [4.69, 9.17) is 5.11 Å². The van der Waals surface area contributed by atoms with Gasteiger partial charge in [0, 0.05) is 13.6 Å². The zero-order chi connectivity index (χ0) is 14.5. The second-order valence-corrected chi connectivity index (χ2v) is 4.36. The molecule has 1 aromatic heterocycles. The summed E-state index contributed by atoms with van der Waals surface area (Å²) in [6, 6.07) is 6.77. The smallest absolute Gasteiger partial charge is 0.335 e. The fourth-order valence-electron chi connectivity index (χ4n) is 1.92. The summed E-state index contributed by atoms with van der Waals surface area (Å²) in [5.74, 6) is -1.18. The molecule has 2 aromatic rings. The van der Waals surface area contributed by atoms with Crippen LogP contribution in [0.4, 0.5) is 0 Å². The van der Waals surface area contributed by atoms with Gasteiger partial charge in [-0.1, -0.05) is 18.2 Å². The van der Waals surface area contributed by atoms with Gasteiger partial charge in [0.05, 0.1) is 18.1 Å². The maximum absolute atomic E-state index is 11.8. The largest absolute Gasteiger partial charge is 0.478 e. The van der Waals surface area contributed by atoms with Crippen molar-refractivity contribution in [2.24, 2.45) is 7.05 Å². The van der Waals surface area contributed by atoms with Crippen molar-refractivity contribution in [1.29, 1.82) is 0 Å². The van der Waals surface area contributed by atoms with Crippen molar-refractivity contribution < 1.29 is 14.7 Å². The minimum atomic E-state index is -0.960. The van der Waals surface area contributed by atoms with Crippen LogP contribution in [0.5, 0.6) is 0 Å². The third-order valence-electron chi connectivity index (χ3n) is 2.98. The Morgan fingerprint density at radius 2 is 2.10 bits per heavy atom. The molecule has 104 valence electrons. The van der Waals surface area contributed by atoms with Gasteiger partial charge in [-0.05, 0) is 18.1 Å². The van der Waals surface area contributed by atoms with Gasteiger partial charge in [0.1, 0.15) is 5.69 Å². The molecule has 0 spiro atoms. The van der Waals surface area contributed by atoms with Crippen molar-refractivity contribution in [3.05, 3.63) is 53.6 Å². The fraction of sp³-hybridized carbons (Fsp3) is 0.214. The molecule has 1 heterocycles. The number of benzene rings is 1. The number of aryl methyl sites for hydroxylation is 1. The molecule has 1 amide bonds. The summed E-state index contributed by atoms with van der Waals surface area (Å²) in [6.45, 7) is 0.369. The van der Waals surface area contributed by atoms with Crippen molar-refractivity contribution >= 4 is 11.9 Å². The second-order valence-electron chi connectivity index (χ2n) is 4.36. The van der Waals surface area contributed by atoms with Crippen LogP contribution in [0.15, 0.2) is 36.8 Å². The van der Waals surface area contributed by atoms with Gasteiger partial charge in [0.15, 0.2) is 0 Å². The predicted octanol–water partition coefficient (Wildman–Crippen LogP) is 1.09. The summed E-state index contributed by atoms with van der Waals surface area (Å²) in [6.07, 6.45) is 3.50. The minimum Gasteiger partial charge on any atom is -0.478 e. The van der Waals surface area contributed by atoms with Crippen LogP contribution in [0, 0.1) is 0 Å². The molecule has 0 saturated heterocycles. The third-order valence-corrected chi connectivity index (χ3v) is 2.98. The molecule has 2 N–H and O–H groups in total. The number of carbonyl (C=O) groups excluding carboxylic acids is 1. The van der Waals surface area contributed by atoms with E-state index >= 15 is 0 Å². The van der Waals surface area contributed by atoms with Crippen molar-refractivity contribution in [3.63, 3.8) is 0 Å². The standard InChI is InChI=1S/C14H15N3O3/c1-17-9-15-8-12(17)13(18)16-7-6-10-4-2-3-5-11(10)14(19)20/h2-5,8-9H,6-7H2,1H3,(H,16,18)(H,19,20). The SMILES string of the molecule is Cn1cncc1C(=O)NCCc1ccccc1C(=O)O. The van der Waals surface area contributed by atoms with Crippen LogP contribution in [-0.2, 0) is 13.5 Å². The van der Waals surface area contributed by atoms with Crippen LogP contribution in [0.1, 0.15) is 26.4 Å². The van der Waals surface area contributed by atoms with E-state index < -0.39 is 5.97 Å². The molecule has 6 nitrogen and oxygen atoms in total. The maximum Gasteiger partial charge on any atom is 0.335 e. The lowest BCUT2D eigenvalue weighted by Crippen LogP contribution is -2.27. The zero-order valence-corrected chi connectivity index (χ0v) is 11.0. The highest BCUT2D eigenvalue weighted by molar-refractivity contribution is 5.92. The van der Waals surface area contributed by atoms with Gasteiger partial charge in [-0.15, -0.1) is 0 Å². The lowest BCUT2D eigenvalue weighted by molar-refractivity contribution is 0.0695. The van der Waals surface area contributed by atoms with Gasteiger partial charge >= 0.3 is 5.97 Å². The van der Waals surface area contributed by atoms with Crippen LogP contribution in [-0.4, -0.2) is 33.1 Å². The molecule has 0 radical (unpaired) electrons. The molecule has 6 heteroatoms. The summed E-state index contributed by atoms with van der Waals surface area (Å²) < 4.78 is 1.63. The van der Waals surface area contributed by atoms with E-state index in [0.29, 0.717) is 24.2 Å². The first-order valence-electron chi connectivity index (χ1n) is 6.15. The zero-order valence-electron chi connectivity index (χ0n) is 11.0. The Bertz CT molecular complexity index is 634. The molecule has 0 aliphatic heterocycles. The van der Waals surface area contributed by atoms with Gasteiger partial charge in [-0.25, -0.2) is 9.78 Å². The molecule has 0 aliphatic carbocycles. The molecular weight excluding hydrogens is 258 g/mol. The third kappa shape index (κ3) is 3.03. The average Bonchev–Trinajstić information content (AvgIpc) is 2.85. The molecule has 0 aliphatic rings. The number of amides is 1. The lowest BCUT2D eigenvalue weighted by Gasteiger charge is -2.07. The van der Waals surface area contributed by atoms with E-state index in [-0.39, 0.29) is 11.5 Å². The predicted molar refractivity (Wildman–Crippen MR) is 72.6 cm³/mol. The Morgan fingerprint density at radius 1 is 1.35 bits per heavy atom. The molecule has 0 unspecified atom stereocenters. The average molecular weight is 273 g/mol. The van der Waals surface area contributed by atoms with Gasteiger partial charge in [0.2, 0.25) is 0 Å². The van der Waals surface area contributed by atoms with Gasteiger partial charge in [-0.2, -0.15) is 0 Å². The first-order chi connectivity index (χ1) is 9.59. The number of nitrogens with one attached hydrogen (secondary N) is 1. The summed E-state index contributed by atoms with van der Waals surface area (Å²) in [5.41, 5.74) is 1.43. The van der Waals surface area contributed by atoms with Crippen LogP contribution < -0.4 is 5.32 Å². The summed E-state index contributed by atoms with van der Waals surface area (Å²) in [5, 5.41) is 11.8. The van der Waals surface area contributed by atoms with Crippen molar-refractivity contribution in [3.8, 4) is 0 Å². The molecule has 0 bridgehead atoms. The quantitative estimate of drug-likeness (QED) is 0.854. The molecule has 0 fully saturated rings. The number of imidazole rings is 1. The van der Waals surface area contributed by atoms with Crippen LogP contribution in [0.25, 0.3) is 0 Å². The van der Waals surface area contributed by atoms with E-state index in [1.54, 1.807) is 42.2 Å². The van der Waals surface area contributed by atoms with Crippen molar-refractivity contribution in [2.75, 3.05) is 6.54 Å². The molecule has 0 saturated carbocycles. The number of aromatic nitrogens is 2. The Labute approximate surface area is 116 Å². The highest BCUT2D eigenvalue weighted by Gasteiger charge is 2.11. The van der Waals surface area contributed by atoms with E-state index in [0.717, 1.165) is 0 Å². The topological polar surface area (TPSA) is 84.2 Å². The normalized spacial score (nSPS) is 10.2. The Hall–Kier alpha value is -2.63. The van der Waals surface area contributed by atoms with Crippen LogP contribution in [0.3, 0.4) is 0 Å².